The Labute approximate surface area is 123 Å². The largest absolute Gasteiger partial charge is 0.379 e. The fourth-order valence-corrected chi connectivity index (χ4v) is 2.62. The van der Waals surface area contributed by atoms with Crippen LogP contribution >= 0.6 is 0 Å². The summed E-state index contributed by atoms with van der Waals surface area (Å²) in [5, 5.41) is 12.7. The number of nitrogens with two attached hydrogens (primary N) is 1. The molecule has 6 heteroatoms. The number of carbonyl (C=O) groups excluding carboxylic acids is 2. The number of hydrogen-bond acceptors (Lipinski definition) is 4. The van der Waals surface area contributed by atoms with Crippen molar-refractivity contribution in [2.24, 2.45) is 5.73 Å². The fourth-order valence-electron chi connectivity index (χ4n) is 2.62. The highest BCUT2D eigenvalue weighted by molar-refractivity contribution is 5.93. The van der Waals surface area contributed by atoms with Crippen LogP contribution < -0.4 is 11.1 Å². The number of benzene rings is 1. The molecule has 1 aliphatic heterocycles. The molecule has 1 fully saturated rings. The maximum atomic E-state index is 11.5. The summed E-state index contributed by atoms with van der Waals surface area (Å²) in [6.07, 6.45) is 1.14. The Morgan fingerprint density at radius 1 is 1.38 bits per heavy atom. The highest BCUT2D eigenvalue weighted by atomic mass is 16.3. The van der Waals surface area contributed by atoms with E-state index >= 15 is 0 Å². The summed E-state index contributed by atoms with van der Waals surface area (Å²) in [6.45, 7) is 1.68. The molecule has 1 unspecified atom stereocenters. The van der Waals surface area contributed by atoms with Gasteiger partial charge < -0.3 is 16.2 Å². The molecule has 1 aromatic rings. The van der Waals surface area contributed by atoms with E-state index in [2.05, 4.69) is 5.32 Å². The van der Waals surface area contributed by atoms with Gasteiger partial charge in [0.15, 0.2) is 5.60 Å². The first-order chi connectivity index (χ1) is 9.94. The van der Waals surface area contributed by atoms with Crippen LogP contribution in [0.3, 0.4) is 0 Å². The van der Waals surface area contributed by atoms with Gasteiger partial charge in [-0.1, -0.05) is 12.1 Å². The van der Waals surface area contributed by atoms with Gasteiger partial charge in [0.1, 0.15) is 0 Å². The Kier molecular flexibility index (Phi) is 4.59. The van der Waals surface area contributed by atoms with Gasteiger partial charge in [-0.05, 0) is 37.1 Å². The van der Waals surface area contributed by atoms with Gasteiger partial charge in [0.2, 0.25) is 0 Å². The predicted molar refractivity (Wildman–Crippen MR) is 78.5 cm³/mol. The Balaban J connectivity index is 2.01. The van der Waals surface area contributed by atoms with Crippen LogP contribution in [0.15, 0.2) is 24.3 Å². The molecule has 0 aliphatic carbocycles. The van der Waals surface area contributed by atoms with Gasteiger partial charge in [-0.2, -0.15) is 0 Å². The highest BCUT2D eigenvalue weighted by Gasteiger charge is 2.38. The topological polar surface area (TPSA) is 95.7 Å². The van der Waals surface area contributed by atoms with Crippen molar-refractivity contribution in [2.75, 3.05) is 20.1 Å². The lowest BCUT2D eigenvalue weighted by molar-refractivity contribution is -0.142. The standard InChI is InChI=1S/C15H21N3O3/c1-17-13(19)12-5-3-11(4-6-12)9-18-8-2-7-15(21,10-18)14(16)20/h3-6,21H,2,7-10H2,1H3,(H2,16,20)(H,17,19). The SMILES string of the molecule is CNC(=O)c1ccc(CN2CCCC(O)(C(N)=O)C2)cc1. The molecule has 1 heterocycles. The van der Waals surface area contributed by atoms with Gasteiger partial charge in [-0.3, -0.25) is 14.5 Å². The second-order valence-corrected chi connectivity index (χ2v) is 5.49. The average molecular weight is 291 g/mol. The number of nitrogens with one attached hydrogen (secondary N) is 1. The van der Waals surface area contributed by atoms with Gasteiger partial charge in [-0.25, -0.2) is 0 Å². The smallest absolute Gasteiger partial charge is 0.251 e. The van der Waals surface area contributed by atoms with Crippen LogP contribution in [0.4, 0.5) is 0 Å². The molecule has 4 N–H and O–H groups in total. The van der Waals surface area contributed by atoms with Crippen molar-refractivity contribution in [3.05, 3.63) is 35.4 Å². The van der Waals surface area contributed by atoms with Gasteiger partial charge in [-0.15, -0.1) is 0 Å². The summed E-state index contributed by atoms with van der Waals surface area (Å²) < 4.78 is 0. The normalized spacial score (nSPS) is 22.8. The Hall–Kier alpha value is -1.92. The molecule has 0 aromatic heterocycles. The second-order valence-electron chi connectivity index (χ2n) is 5.49. The molecular formula is C15H21N3O3. The first kappa shape index (κ1) is 15.5. The maximum Gasteiger partial charge on any atom is 0.251 e. The minimum Gasteiger partial charge on any atom is -0.379 e. The van der Waals surface area contributed by atoms with Crippen molar-refractivity contribution in [3.63, 3.8) is 0 Å². The second kappa shape index (κ2) is 6.24. The zero-order valence-corrected chi connectivity index (χ0v) is 12.1. The molecule has 0 spiro atoms. The Bertz CT molecular complexity index is 529. The predicted octanol–water partition coefficient (Wildman–Crippen LogP) is -0.142. The molecule has 1 aliphatic rings. The van der Waals surface area contributed by atoms with Crippen LogP contribution in [0, 0.1) is 0 Å². The first-order valence-electron chi connectivity index (χ1n) is 7.00. The molecule has 1 atom stereocenters. The van der Waals surface area contributed by atoms with Crippen molar-refractivity contribution in [2.45, 2.75) is 25.0 Å². The molecule has 2 amide bonds. The number of amides is 2. The van der Waals surface area contributed by atoms with Gasteiger partial charge in [0, 0.05) is 25.7 Å². The van der Waals surface area contributed by atoms with Gasteiger partial charge >= 0.3 is 0 Å². The number of primary amides is 1. The van der Waals surface area contributed by atoms with E-state index in [1.54, 1.807) is 19.2 Å². The third-order valence-electron chi connectivity index (χ3n) is 3.86. The molecule has 0 radical (unpaired) electrons. The summed E-state index contributed by atoms with van der Waals surface area (Å²) in [6, 6.07) is 7.28. The molecule has 2 rings (SSSR count). The fraction of sp³-hybridized carbons (Fsp3) is 0.467. The van der Waals surface area contributed by atoms with Crippen LogP contribution in [0.2, 0.25) is 0 Å². The van der Waals surface area contributed by atoms with Gasteiger partial charge in [0.25, 0.3) is 11.8 Å². The average Bonchev–Trinajstić information content (AvgIpc) is 2.47. The third kappa shape index (κ3) is 3.59. The van der Waals surface area contributed by atoms with E-state index in [-0.39, 0.29) is 12.5 Å². The zero-order valence-electron chi connectivity index (χ0n) is 12.1. The molecule has 1 aromatic carbocycles. The van der Waals surface area contributed by atoms with E-state index in [9.17, 15) is 14.7 Å². The van der Waals surface area contributed by atoms with Crippen LogP contribution in [0.1, 0.15) is 28.8 Å². The van der Waals surface area contributed by atoms with Crippen molar-refractivity contribution in [1.29, 1.82) is 0 Å². The quantitative estimate of drug-likeness (QED) is 0.719. The van der Waals surface area contributed by atoms with E-state index < -0.39 is 11.5 Å². The molecule has 114 valence electrons. The number of hydrogen-bond donors (Lipinski definition) is 3. The minimum absolute atomic E-state index is 0.123. The first-order valence-corrected chi connectivity index (χ1v) is 7.00. The maximum absolute atomic E-state index is 11.5. The van der Waals surface area contributed by atoms with E-state index in [1.807, 2.05) is 17.0 Å². The van der Waals surface area contributed by atoms with Gasteiger partial charge in [0.05, 0.1) is 0 Å². The Morgan fingerprint density at radius 2 is 2.05 bits per heavy atom. The number of rotatable bonds is 4. The number of carbonyl (C=O) groups is 2. The van der Waals surface area contributed by atoms with E-state index in [1.165, 1.54) is 0 Å². The van der Waals surface area contributed by atoms with Crippen LogP contribution in [-0.4, -0.2) is 47.6 Å². The summed E-state index contributed by atoms with van der Waals surface area (Å²) in [7, 11) is 1.59. The van der Waals surface area contributed by atoms with Crippen molar-refractivity contribution in [1.82, 2.24) is 10.2 Å². The highest BCUT2D eigenvalue weighted by Crippen LogP contribution is 2.22. The summed E-state index contributed by atoms with van der Waals surface area (Å²) >= 11 is 0. The Morgan fingerprint density at radius 3 is 2.62 bits per heavy atom. The summed E-state index contributed by atoms with van der Waals surface area (Å²) in [5.41, 5.74) is 5.46. The lowest BCUT2D eigenvalue weighted by atomic mass is 9.92. The third-order valence-corrected chi connectivity index (χ3v) is 3.86. The number of likely N-dealkylation sites (tertiary alicyclic amines) is 1. The molecule has 0 bridgehead atoms. The van der Waals surface area contributed by atoms with Crippen molar-refractivity contribution >= 4 is 11.8 Å². The van der Waals surface area contributed by atoms with Crippen molar-refractivity contribution in [3.8, 4) is 0 Å². The number of nitrogens with zero attached hydrogens (tertiary/aromatic N) is 1. The molecule has 21 heavy (non-hydrogen) atoms. The molecular weight excluding hydrogens is 270 g/mol. The van der Waals surface area contributed by atoms with Crippen LogP contribution in [-0.2, 0) is 11.3 Å². The molecule has 6 nitrogen and oxygen atoms in total. The zero-order chi connectivity index (χ0) is 15.5. The number of β-amino-alcohol motifs (C(OH)–C–C–N with tert-alkyl or cyclic N) is 1. The summed E-state index contributed by atoms with van der Waals surface area (Å²) in [4.78, 5) is 24.8. The minimum atomic E-state index is -1.43. The van der Waals surface area contributed by atoms with Crippen LogP contribution in [0.25, 0.3) is 0 Å². The van der Waals surface area contributed by atoms with Crippen molar-refractivity contribution < 1.29 is 14.7 Å². The number of aliphatic hydroxyl groups is 1. The van der Waals surface area contributed by atoms with E-state index in [0.717, 1.165) is 18.5 Å². The summed E-state index contributed by atoms with van der Waals surface area (Å²) in [5.74, 6) is -0.787. The molecule has 0 saturated carbocycles. The number of piperidine rings is 1. The monoisotopic (exact) mass is 291 g/mol. The molecule has 1 saturated heterocycles. The van der Waals surface area contributed by atoms with E-state index in [0.29, 0.717) is 18.5 Å². The van der Waals surface area contributed by atoms with Crippen LogP contribution in [0.5, 0.6) is 0 Å². The lowest BCUT2D eigenvalue weighted by Crippen LogP contribution is -2.55. The lowest BCUT2D eigenvalue weighted by Gasteiger charge is -2.37. The van der Waals surface area contributed by atoms with E-state index in [4.69, 9.17) is 5.73 Å².